The van der Waals surface area contributed by atoms with E-state index < -0.39 is 0 Å². The molecule has 5 nitrogen and oxygen atoms in total. The molecule has 0 spiro atoms. The number of aliphatic hydroxyl groups excluding tert-OH is 1. The third kappa shape index (κ3) is 4.79. The van der Waals surface area contributed by atoms with Crippen molar-refractivity contribution in [3.8, 4) is 0 Å². The molecule has 1 amide bonds. The molecule has 1 aromatic heterocycles. The van der Waals surface area contributed by atoms with Crippen LogP contribution in [0, 0.1) is 12.3 Å². The van der Waals surface area contributed by atoms with E-state index in [-0.39, 0.29) is 17.9 Å². The highest BCUT2D eigenvalue weighted by molar-refractivity contribution is 5.91. The number of hydrogen-bond donors (Lipinski definition) is 2. The summed E-state index contributed by atoms with van der Waals surface area (Å²) in [5.74, 6) is -0.209. The molecule has 0 fully saturated rings. The van der Waals surface area contributed by atoms with Crippen LogP contribution in [-0.4, -0.2) is 34.1 Å². The van der Waals surface area contributed by atoms with Crippen LogP contribution < -0.4 is 5.32 Å². The molecule has 0 atom stereocenters. The van der Waals surface area contributed by atoms with Crippen molar-refractivity contribution in [3.05, 3.63) is 23.8 Å². The third-order valence-electron chi connectivity index (χ3n) is 2.75. The van der Waals surface area contributed by atoms with Crippen LogP contribution in [0.25, 0.3) is 0 Å². The van der Waals surface area contributed by atoms with Crippen LogP contribution in [-0.2, 0) is 0 Å². The lowest BCUT2D eigenvalue weighted by molar-refractivity contribution is 0.0927. The van der Waals surface area contributed by atoms with Crippen molar-refractivity contribution in [2.75, 3.05) is 13.2 Å². The molecule has 0 bridgehead atoms. The predicted molar refractivity (Wildman–Crippen MR) is 69.2 cm³/mol. The number of aliphatic hydroxyl groups is 1. The van der Waals surface area contributed by atoms with E-state index in [1.165, 1.54) is 6.20 Å². The number of nitrogens with zero attached hydrogens (tertiary/aromatic N) is 2. The van der Waals surface area contributed by atoms with E-state index >= 15 is 0 Å². The summed E-state index contributed by atoms with van der Waals surface area (Å²) in [5.41, 5.74) is 1.09. The molecule has 2 N–H and O–H groups in total. The molecule has 0 aliphatic carbocycles. The van der Waals surface area contributed by atoms with E-state index in [9.17, 15) is 4.79 Å². The van der Waals surface area contributed by atoms with Crippen molar-refractivity contribution in [3.63, 3.8) is 0 Å². The highest BCUT2D eigenvalue weighted by Crippen LogP contribution is 2.20. The first kappa shape index (κ1) is 14.6. The number of nitrogens with one attached hydrogen (secondary N) is 1. The van der Waals surface area contributed by atoms with Crippen molar-refractivity contribution in [2.45, 2.75) is 33.6 Å². The largest absolute Gasteiger partial charge is 0.396 e. The number of hydrogen-bond acceptors (Lipinski definition) is 4. The molecule has 18 heavy (non-hydrogen) atoms. The summed E-state index contributed by atoms with van der Waals surface area (Å²) < 4.78 is 0. The number of aryl methyl sites for hydroxylation is 1. The lowest BCUT2D eigenvalue weighted by Gasteiger charge is -2.24. The normalized spacial score (nSPS) is 11.3. The molecule has 0 unspecified atom stereocenters. The van der Waals surface area contributed by atoms with Gasteiger partial charge in [-0.25, -0.2) is 4.98 Å². The van der Waals surface area contributed by atoms with Crippen LogP contribution in [0.2, 0.25) is 0 Å². The van der Waals surface area contributed by atoms with Gasteiger partial charge in [0.1, 0.15) is 5.69 Å². The first-order chi connectivity index (χ1) is 8.44. The summed E-state index contributed by atoms with van der Waals surface area (Å²) in [6.07, 6.45) is 4.66. The number of amides is 1. The van der Waals surface area contributed by atoms with Crippen LogP contribution in [0.1, 0.15) is 42.9 Å². The fourth-order valence-corrected chi connectivity index (χ4v) is 1.57. The summed E-state index contributed by atoms with van der Waals surface area (Å²) in [6.45, 7) is 6.68. The van der Waals surface area contributed by atoms with Gasteiger partial charge in [0, 0.05) is 19.3 Å². The van der Waals surface area contributed by atoms with Crippen molar-refractivity contribution < 1.29 is 9.90 Å². The Morgan fingerprint density at radius 3 is 2.67 bits per heavy atom. The number of rotatable bonds is 6. The molecular weight excluding hydrogens is 230 g/mol. The van der Waals surface area contributed by atoms with Crippen LogP contribution in [0.3, 0.4) is 0 Å². The van der Waals surface area contributed by atoms with Gasteiger partial charge in [0.05, 0.1) is 11.9 Å². The zero-order chi connectivity index (χ0) is 13.6. The van der Waals surface area contributed by atoms with E-state index in [4.69, 9.17) is 5.11 Å². The summed E-state index contributed by atoms with van der Waals surface area (Å²) in [6, 6.07) is 0. The minimum Gasteiger partial charge on any atom is -0.396 e. The van der Waals surface area contributed by atoms with Gasteiger partial charge in [-0.2, -0.15) is 0 Å². The number of carbonyl (C=O) groups excluding carboxylic acids is 1. The summed E-state index contributed by atoms with van der Waals surface area (Å²) in [7, 11) is 0. The van der Waals surface area contributed by atoms with Crippen LogP contribution in [0.4, 0.5) is 0 Å². The Labute approximate surface area is 108 Å². The second kappa shape index (κ2) is 6.44. The van der Waals surface area contributed by atoms with Crippen molar-refractivity contribution >= 4 is 5.91 Å². The average Bonchev–Trinajstić information content (AvgIpc) is 2.35. The fraction of sp³-hybridized carbons (Fsp3) is 0.615. The van der Waals surface area contributed by atoms with Crippen LogP contribution in [0.15, 0.2) is 12.4 Å². The molecule has 1 aromatic rings. The number of carbonyl (C=O) groups is 1. The maximum atomic E-state index is 11.8. The van der Waals surface area contributed by atoms with E-state index in [0.29, 0.717) is 12.2 Å². The third-order valence-corrected chi connectivity index (χ3v) is 2.75. The van der Waals surface area contributed by atoms with E-state index in [1.807, 2.05) is 6.92 Å². The van der Waals surface area contributed by atoms with Crippen molar-refractivity contribution in [1.29, 1.82) is 0 Å². The molecule has 0 aromatic carbocycles. The maximum absolute atomic E-state index is 11.8. The van der Waals surface area contributed by atoms with Gasteiger partial charge < -0.3 is 10.4 Å². The minimum absolute atomic E-state index is 0.0312. The van der Waals surface area contributed by atoms with Crippen molar-refractivity contribution in [2.24, 2.45) is 5.41 Å². The molecule has 1 rings (SSSR count). The Morgan fingerprint density at radius 2 is 2.11 bits per heavy atom. The molecule has 100 valence electrons. The molecular formula is C13H21N3O2. The zero-order valence-corrected chi connectivity index (χ0v) is 11.2. The molecule has 0 saturated heterocycles. The summed E-state index contributed by atoms with van der Waals surface area (Å²) >= 11 is 0. The lowest BCUT2D eigenvalue weighted by atomic mass is 9.88. The van der Waals surface area contributed by atoms with Crippen LogP contribution in [0.5, 0.6) is 0 Å². The van der Waals surface area contributed by atoms with E-state index in [2.05, 4.69) is 29.1 Å². The quantitative estimate of drug-likeness (QED) is 0.799. The van der Waals surface area contributed by atoms with Gasteiger partial charge in [-0.1, -0.05) is 13.8 Å². The Bertz CT molecular complexity index is 388. The second-order valence-electron chi connectivity index (χ2n) is 5.22. The first-order valence-corrected chi connectivity index (χ1v) is 6.12. The van der Waals surface area contributed by atoms with Gasteiger partial charge in [0.15, 0.2) is 0 Å². The Hall–Kier alpha value is -1.49. The smallest absolute Gasteiger partial charge is 0.271 e. The predicted octanol–water partition coefficient (Wildman–Crippen LogP) is 1.31. The Kier molecular flexibility index (Phi) is 5.22. The maximum Gasteiger partial charge on any atom is 0.271 e. The molecule has 0 aliphatic heterocycles. The van der Waals surface area contributed by atoms with Gasteiger partial charge in [-0.15, -0.1) is 0 Å². The molecule has 0 radical (unpaired) electrons. The van der Waals surface area contributed by atoms with Gasteiger partial charge in [-0.05, 0) is 25.2 Å². The van der Waals surface area contributed by atoms with Gasteiger partial charge in [-0.3, -0.25) is 9.78 Å². The van der Waals surface area contributed by atoms with E-state index in [1.54, 1.807) is 6.20 Å². The topological polar surface area (TPSA) is 75.1 Å². The molecule has 1 heterocycles. The molecule has 0 saturated carbocycles. The van der Waals surface area contributed by atoms with Gasteiger partial charge >= 0.3 is 0 Å². The monoisotopic (exact) mass is 251 g/mol. The van der Waals surface area contributed by atoms with Gasteiger partial charge in [0.25, 0.3) is 5.91 Å². The SMILES string of the molecule is Cc1cnc(C(=O)NCC(C)(C)CCCO)cn1. The van der Waals surface area contributed by atoms with E-state index in [0.717, 1.165) is 18.5 Å². The molecule has 5 heteroatoms. The summed E-state index contributed by atoms with van der Waals surface area (Å²) in [5, 5.41) is 11.6. The van der Waals surface area contributed by atoms with Gasteiger partial charge in [0.2, 0.25) is 0 Å². The number of aromatic nitrogens is 2. The van der Waals surface area contributed by atoms with Crippen molar-refractivity contribution in [1.82, 2.24) is 15.3 Å². The standard InChI is InChI=1S/C13H21N3O2/c1-10-7-15-11(8-14-10)12(18)16-9-13(2,3)5-4-6-17/h7-8,17H,4-6,9H2,1-3H3,(H,16,18). The lowest BCUT2D eigenvalue weighted by Crippen LogP contribution is -2.34. The Balaban J connectivity index is 2.48. The highest BCUT2D eigenvalue weighted by Gasteiger charge is 2.19. The zero-order valence-electron chi connectivity index (χ0n) is 11.2. The average molecular weight is 251 g/mol. The fourth-order valence-electron chi connectivity index (χ4n) is 1.57. The van der Waals surface area contributed by atoms with Crippen LogP contribution >= 0.6 is 0 Å². The summed E-state index contributed by atoms with van der Waals surface area (Å²) in [4.78, 5) is 19.9. The highest BCUT2D eigenvalue weighted by atomic mass is 16.2. The Morgan fingerprint density at radius 1 is 1.39 bits per heavy atom. The second-order valence-corrected chi connectivity index (χ2v) is 5.22. The minimum atomic E-state index is -0.209. The molecule has 0 aliphatic rings. The first-order valence-electron chi connectivity index (χ1n) is 6.12.